The molecule has 0 bridgehead atoms. The van der Waals surface area contributed by atoms with Gasteiger partial charge in [-0.15, -0.1) is 0 Å². The molecule has 0 radical (unpaired) electrons. The molecule has 0 unspecified atom stereocenters. The van der Waals surface area contributed by atoms with Crippen molar-refractivity contribution in [3.63, 3.8) is 0 Å². The molecule has 1 N–H and O–H groups in total. The van der Waals surface area contributed by atoms with Gasteiger partial charge in [-0.2, -0.15) is 0 Å². The minimum absolute atomic E-state index is 0.434. The second-order valence-corrected chi connectivity index (χ2v) is 3.71. The molecule has 0 aliphatic heterocycles. The molecule has 4 heteroatoms. The zero-order valence-electron chi connectivity index (χ0n) is 9.07. The van der Waals surface area contributed by atoms with E-state index in [1.165, 1.54) is 5.56 Å². The summed E-state index contributed by atoms with van der Waals surface area (Å²) in [6.07, 6.45) is 0. The van der Waals surface area contributed by atoms with E-state index >= 15 is 0 Å². The fourth-order valence-corrected chi connectivity index (χ4v) is 1.11. The molecular formula is C11H14N2OS. The molecule has 15 heavy (non-hydrogen) atoms. The highest BCUT2D eigenvalue weighted by Crippen LogP contribution is 2.03. The van der Waals surface area contributed by atoms with Crippen molar-refractivity contribution in [2.45, 2.75) is 13.8 Å². The second-order valence-electron chi connectivity index (χ2n) is 3.13. The molecule has 0 saturated heterocycles. The van der Waals surface area contributed by atoms with E-state index in [1.807, 2.05) is 31.2 Å². The van der Waals surface area contributed by atoms with E-state index in [9.17, 15) is 0 Å². The number of rotatable bonds is 1. The number of amidine groups is 1. The van der Waals surface area contributed by atoms with Gasteiger partial charge in [0, 0.05) is 19.5 Å². The van der Waals surface area contributed by atoms with E-state index in [2.05, 4.69) is 10.5 Å². The molecule has 0 spiro atoms. The molecule has 1 rings (SSSR count). The van der Waals surface area contributed by atoms with Crippen LogP contribution in [0.3, 0.4) is 0 Å². The predicted octanol–water partition coefficient (Wildman–Crippen LogP) is 2.24. The Balaban J connectivity index is 2.75. The first-order valence-electron chi connectivity index (χ1n) is 4.60. The Labute approximate surface area is 95.1 Å². The van der Waals surface area contributed by atoms with Gasteiger partial charge in [0.25, 0.3) is 0 Å². The van der Waals surface area contributed by atoms with Gasteiger partial charge < -0.3 is 4.84 Å². The van der Waals surface area contributed by atoms with Gasteiger partial charge >= 0.3 is 0 Å². The lowest BCUT2D eigenvalue weighted by atomic mass is 10.1. The molecule has 0 aromatic heterocycles. The quantitative estimate of drug-likeness (QED) is 0.342. The first kappa shape index (κ1) is 11.7. The van der Waals surface area contributed by atoms with Gasteiger partial charge in [0.05, 0.1) is 0 Å². The Hall–Kier alpha value is -1.42. The molecule has 3 nitrogen and oxygen atoms in total. The highest BCUT2D eigenvalue weighted by molar-refractivity contribution is 7.80. The lowest BCUT2D eigenvalue weighted by Gasteiger charge is -2.09. The van der Waals surface area contributed by atoms with E-state index < -0.39 is 0 Å². The van der Waals surface area contributed by atoms with Gasteiger partial charge in [0.1, 0.15) is 0 Å². The number of hydrogen-bond donors (Lipinski definition) is 1. The third kappa shape index (κ3) is 3.67. The summed E-state index contributed by atoms with van der Waals surface area (Å²) in [5.41, 5.74) is 4.89. The molecule has 0 heterocycles. The van der Waals surface area contributed by atoms with Crippen LogP contribution in [0.5, 0.6) is 0 Å². The summed E-state index contributed by atoms with van der Waals surface area (Å²) in [6, 6.07) is 8.00. The standard InChI is InChI=1S/C11H14N2OS/c1-8-4-6-10(7-5-8)11(12-3)13-14-9(2)15/h4-7H,1-3H3,(H,12,13). The number of hydrogen-bond acceptors (Lipinski definition) is 3. The van der Waals surface area contributed by atoms with Gasteiger partial charge in [0.2, 0.25) is 0 Å². The Morgan fingerprint density at radius 3 is 2.40 bits per heavy atom. The molecule has 1 aromatic rings. The van der Waals surface area contributed by atoms with Crippen molar-refractivity contribution >= 4 is 23.1 Å². The number of aliphatic imine (C=N–C) groups is 1. The van der Waals surface area contributed by atoms with Crippen molar-refractivity contribution in [3.05, 3.63) is 35.4 Å². The summed E-state index contributed by atoms with van der Waals surface area (Å²) >= 11 is 4.79. The monoisotopic (exact) mass is 222 g/mol. The number of aryl methyl sites for hydroxylation is 1. The Morgan fingerprint density at radius 2 is 1.93 bits per heavy atom. The number of benzene rings is 1. The average Bonchev–Trinajstić information content (AvgIpc) is 2.21. The Kier molecular flexibility index (Phi) is 4.24. The van der Waals surface area contributed by atoms with Gasteiger partial charge in [-0.25, -0.2) is 5.48 Å². The van der Waals surface area contributed by atoms with Crippen LogP contribution in [0.2, 0.25) is 0 Å². The van der Waals surface area contributed by atoms with Crippen LogP contribution in [-0.2, 0) is 4.84 Å². The highest BCUT2D eigenvalue weighted by atomic mass is 32.1. The third-order valence-electron chi connectivity index (χ3n) is 1.84. The first-order chi connectivity index (χ1) is 7.13. The third-order valence-corrected chi connectivity index (χ3v) is 1.92. The predicted molar refractivity (Wildman–Crippen MR) is 66.1 cm³/mol. The Morgan fingerprint density at radius 1 is 1.33 bits per heavy atom. The fourth-order valence-electron chi connectivity index (χ4n) is 1.07. The summed E-state index contributed by atoms with van der Waals surface area (Å²) in [7, 11) is 1.70. The molecule has 0 aliphatic carbocycles. The van der Waals surface area contributed by atoms with Crippen LogP contribution in [0.1, 0.15) is 18.1 Å². The number of thiocarbonyl (C=S) groups is 1. The summed E-state index contributed by atoms with van der Waals surface area (Å²) in [4.78, 5) is 9.11. The molecule has 0 aliphatic rings. The fraction of sp³-hybridized carbons (Fsp3) is 0.273. The van der Waals surface area contributed by atoms with Gasteiger partial charge in [0.15, 0.2) is 10.9 Å². The molecule has 80 valence electrons. The average molecular weight is 222 g/mol. The van der Waals surface area contributed by atoms with E-state index in [0.29, 0.717) is 10.9 Å². The number of nitrogens with zero attached hydrogens (tertiary/aromatic N) is 1. The van der Waals surface area contributed by atoms with E-state index in [1.54, 1.807) is 14.0 Å². The van der Waals surface area contributed by atoms with Gasteiger partial charge in [-0.05, 0) is 19.1 Å². The highest BCUT2D eigenvalue weighted by Gasteiger charge is 2.02. The zero-order chi connectivity index (χ0) is 11.3. The Bertz CT molecular complexity index is 371. The second kappa shape index (κ2) is 5.46. The van der Waals surface area contributed by atoms with E-state index in [-0.39, 0.29) is 0 Å². The largest absolute Gasteiger partial charge is 0.374 e. The van der Waals surface area contributed by atoms with Crippen LogP contribution in [0.15, 0.2) is 29.3 Å². The molecule has 0 atom stereocenters. The van der Waals surface area contributed by atoms with Crippen molar-refractivity contribution in [2.75, 3.05) is 7.05 Å². The van der Waals surface area contributed by atoms with Gasteiger partial charge in [-0.3, -0.25) is 4.99 Å². The summed E-state index contributed by atoms with van der Waals surface area (Å²) in [6.45, 7) is 3.74. The molecule has 0 fully saturated rings. The minimum atomic E-state index is 0.434. The number of nitrogens with one attached hydrogen (secondary N) is 1. The molecule has 0 amide bonds. The smallest absolute Gasteiger partial charge is 0.191 e. The van der Waals surface area contributed by atoms with E-state index in [0.717, 1.165) is 5.56 Å². The van der Waals surface area contributed by atoms with Crippen LogP contribution in [0.4, 0.5) is 0 Å². The van der Waals surface area contributed by atoms with Gasteiger partial charge in [-0.1, -0.05) is 29.8 Å². The van der Waals surface area contributed by atoms with Crippen molar-refractivity contribution in [1.82, 2.24) is 5.48 Å². The lowest BCUT2D eigenvalue weighted by molar-refractivity contribution is 0.253. The maximum absolute atomic E-state index is 5.03. The summed E-state index contributed by atoms with van der Waals surface area (Å²) < 4.78 is 0. The summed E-state index contributed by atoms with van der Waals surface area (Å²) in [5.74, 6) is 0.666. The maximum Gasteiger partial charge on any atom is 0.191 e. The minimum Gasteiger partial charge on any atom is -0.374 e. The molecule has 1 aromatic carbocycles. The van der Waals surface area contributed by atoms with Crippen molar-refractivity contribution in [2.24, 2.45) is 4.99 Å². The van der Waals surface area contributed by atoms with Crippen molar-refractivity contribution in [3.8, 4) is 0 Å². The van der Waals surface area contributed by atoms with Crippen molar-refractivity contribution in [1.29, 1.82) is 0 Å². The lowest BCUT2D eigenvalue weighted by Crippen LogP contribution is -2.26. The van der Waals surface area contributed by atoms with E-state index in [4.69, 9.17) is 17.1 Å². The SMILES string of the molecule is CN=C(NOC(C)=S)c1ccc(C)cc1. The van der Waals surface area contributed by atoms with Crippen LogP contribution >= 0.6 is 12.2 Å². The normalized spacial score (nSPS) is 11.0. The summed E-state index contributed by atoms with van der Waals surface area (Å²) in [5, 5.41) is 0.434. The van der Waals surface area contributed by atoms with Crippen LogP contribution in [0.25, 0.3) is 0 Å². The first-order valence-corrected chi connectivity index (χ1v) is 5.01. The zero-order valence-corrected chi connectivity index (χ0v) is 9.89. The number of hydroxylamine groups is 1. The topological polar surface area (TPSA) is 33.6 Å². The van der Waals surface area contributed by atoms with Crippen molar-refractivity contribution < 1.29 is 4.84 Å². The maximum atomic E-state index is 5.03. The van der Waals surface area contributed by atoms with Crippen LogP contribution < -0.4 is 5.48 Å². The molecule has 0 saturated carbocycles. The van der Waals surface area contributed by atoms with Crippen LogP contribution in [-0.4, -0.2) is 17.9 Å². The molecular weight excluding hydrogens is 208 g/mol. The van der Waals surface area contributed by atoms with Crippen LogP contribution in [0, 0.1) is 6.92 Å².